The number of hydrogen-bond donors (Lipinski definition) is 1. The molecule has 2 aromatic rings. The average molecular weight is 255 g/mol. The Bertz CT molecular complexity index is 570. The van der Waals surface area contributed by atoms with Gasteiger partial charge in [-0.3, -0.25) is 0 Å². The molecule has 1 aliphatic carbocycles. The Kier molecular flexibility index (Phi) is 3.43. The summed E-state index contributed by atoms with van der Waals surface area (Å²) in [5, 5.41) is 3.24. The molecule has 1 aliphatic rings. The van der Waals surface area contributed by atoms with Gasteiger partial charge in [-0.2, -0.15) is 0 Å². The van der Waals surface area contributed by atoms with Crippen LogP contribution in [-0.4, -0.2) is 13.1 Å². The second kappa shape index (κ2) is 5.22. The first-order valence-electron chi connectivity index (χ1n) is 7.14. The fourth-order valence-corrected chi connectivity index (χ4v) is 2.77. The highest BCUT2D eigenvalue weighted by atomic mass is 16.3. The summed E-state index contributed by atoms with van der Waals surface area (Å²) in [7, 11) is 1.98. The molecule has 0 saturated heterocycles. The lowest BCUT2D eigenvalue weighted by Crippen LogP contribution is -2.23. The van der Waals surface area contributed by atoms with Crippen LogP contribution in [0.2, 0.25) is 0 Å². The van der Waals surface area contributed by atoms with Crippen molar-refractivity contribution in [2.75, 3.05) is 7.05 Å². The van der Waals surface area contributed by atoms with Crippen LogP contribution in [0.5, 0.6) is 0 Å². The SMILES string of the molecule is CNC(C)Cc1ccc(-c2ccc3c(c2)CCC3)o1. The molecule has 0 aliphatic heterocycles. The van der Waals surface area contributed by atoms with Crippen LogP contribution in [0.1, 0.15) is 30.2 Å². The first-order chi connectivity index (χ1) is 9.26. The number of likely N-dealkylation sites (N-methyl/N-ethyl adjacent to an activating group) is 1. The van der Waals surface area contributed by atoms with Gasteiger partial charge < -0.3 is 9.73 Å². The van der Waals surface area contributed by atoms with Gasteiger partial charge in [0.25, 0.3) is 0 Å². The summed E-state index contributed by atoms with van der Waals surface area (Å²) in [6.07, 6.45) is 4.68. The molecule has 3 rings (SSSR count). The van der Waals surface area contributed by atoms with E-state index in [2.05, 4.69) is 42.6 Å². The van der Waals surface area contributed by atoms with E-state index in [4.69, 9.17) is 4.42 Å². The van der Waals surface area contributed by atoms with E-state index in [-0.39, 0.29) is 0 Å². The molecule has 1 N–H and O–H groups in total. The molecule has 0 bridgehead atoms. The van der Waals surface area contributed by atoms with Crippen molar-refractivity contribution in [3.8, 4) is 11.3 Å². The maximum atomic E-state index is 5.96. The van der Waals surface area contributed by atoms with Crippen LogP contribution >= 0.6 is 0 Å². The van der Waals surface area contributed by atoms with Gasteiger partial charge in [0.1, 0.15) is 11.5 Å². The minimum absolute atomic E-state index is 0.444. The topological polar surface area (TPSA) is 25.2 Å². The van der Waals surface area contributed by atoms with E-state index in [0.717, 1.165) is 17.9 Å². The molecule has 1 atom stereocenters. The van der Waals surface area contributed by atoms with Gasteiger partial charge in [0.05, 0.1) is 0 Å². The molecule has 100 valence electrons. The van der Waals surface area contributed by atoms with Crippen molar-refractivity contribution >= 4 is 0 Å². The lowest BCUT2D eigenvalue weighted by Gasteiger charge is -2.07. The second-order valence-electron chi connectivity index (χ2n) is 5.50. The summed E-state index contributed by atoms with van der Waals surface area (Å²) in [4.78, 5) is 0. The molecular formula is C17H21NO. The Morgan fingerprint density at radius 2 is 2.00 bits per heavy atom. The predicted octanol–water partition coefficient (Wildman–Crippen LogP) is 3.59. The molecular weight excluding hydrogens is 234 g/mol. The predicted molar refractivity (Wildman–Crippen MR) is 78.4 cm³/mol. The molecule has 0 saturated carbocycles. The van der Waals surface area contributed by atoms with Gasteiger partial charge >= 0.3 is 0 Å². The van der Waals surface area contributed by atoms with Crippen LogP contribution in [0, 0.1) is 0 Å². The van der Waals surface area contributed by atoms with Gasteiger partial charge in [-0.15, -0.1) is 0 Å². The van der Waals surface area contributed by atoms with Crippen molar-refractivity contribution in [1.82, 2.24) is 5.32 Å². The molecule has 1 unspecified atom stereocenters. The molecule has 1 aromatic carbocycles. The summed E-state index contributed by atoms with van der Waals surface area (Å²) in [6.45, 7) is 2.16. The molecule has 0 amide bonds. The van der Waals surface area contributed by atoms with Crippen molar-refractivity contribution in [1.29, 1.82) is 0 Å². The third kappa shape index (κ3) is 2.59. The molecule has 0 spiro atoms. The van der Waals surface area contributed by atoms with Gasteiger partial charge in [0.2, 0.25) is 0 Å². The van der Waals surface area contributed by atoms with E-state index in [1.807, 2.05) is 7.05 Å². The van der Waals surface area contributed by atoms with Gasteiger partial charge in [-0.05, 0) is 62.6 Å². The second-order valence-corrected chi connectivity index (χ2v) is 5.50. The largest absolute Gasteiger partial charge is 0.461 e. The van der Waals surface area contributed by atoms with Crippen molar-refractivity contribution in [3.05, 3.63) is 47.2 Å². The summed E-state index contributed by atoms with van der Waals surface area (Å²) in [5.41, 5.74) is 4.22. The average Bonchev–Trinajstić information content (AvgIpc) is 3.05. The van der Waals surface area contributed by atoms with E-state index in [9.17, 15) is 0 Å². The number of aryl methyl sites for hydroxylation is 2. The van der Waals surface area contributed by atoms with Crippen LogP contribution in [0.25, 0.3) is 11.3 Å². The zero-order valence-electron chi connectivity index (χ0n) is 11.7. The van der Waals surface area contributed by atoms with Crippen LogP contribution in [0.4, 0.5) is 0 Å². The molecule has 2 nitrogen and oxygen atoms in total. The molecule has 0 radical (unpaired) electrons. The van der Waals surface area contributed by atoms with E-state index in [1.54, 1.807) is 0 Å². The fourth-order valence-electron chi connectivity index (χ4n) is 2.77. The van der Waals surface area contributed by atoms with Gasteiger partial charge in [0, 0.05) is 18.0 Å². The third-order valence-electron chi connectivity index (χ3n) is 4.04. The lowest BCUT2D eigenvalue weighted by molar-refractivity contribution is 0.481. The third-order valence-corrected chi connectivity index (χ3v) is 4.04. The maximum Gasteiger partial charge on any atom is 0.134 e. The van der Waals surface area contributed by atoms with Crippen LogP contribution < -0.4 is 5.32 Å². The first-order valence-corrected chi connectivity index (χ1v) is 7.14. The number of benzene rings is 1. The standard InChI is InChI=1S/C17H21NO/c1-12(18-2)10-16-8-9-17(19-16)15-7-6-13-4-3-5-14(13)11-15/h6-9,11-12,18H,3-5,10H2,1-2H3. The number of nitrogens with one attached hydrogen (secondary N) is 1. The highest BCUT2D eigenvalue weighted by Crippen LogP contribution is 2.29. The fraction of sp³-hybridized carbons (Fsp3) is 0.412. The Hall–Kier alpha value is -1.54. The van der Waals surface area contributed by atoms with E-state index in [1.165, 1.54) is 36.0 Å². The first kappa shape index (κ1) is 12.5. The Morgan fingerprint density at radius 3 is 2.84 bits per heavy atom. The van der Waals surface area contributed by atoms with Gasteiger partial charge in [0.15, 0.2) is 0 Å². The summed E-state index contributed by atoms with van der Waals surface area (Å²) >= 11 is 0. The molecule has 1 aromatic heterocycles. The monoisotopic (exact) mass is 255 g/mol. The maximum absolute atomic E-state index is 5.96. The van der Waals surface area contributed by atoms with Crippen molar-refractivity contribution in [2.45, 2.75) is 38.6 Å². The Labute approximate surface area is 114 Å². The normalized spacial score (nSPS) is 15.5. The van der Waals surface area contributed by atoms with Crippen LogP contribution in [0.15, 0.2) is 34.7 Å². The minimum atomic E-state index is 0.444. The summed E-state index contributed by atoms with van der Waals surface area (Å²) < 4.78 is 5.96. The number of rotatable bonds is 4. The van der Waals surface area contributed by atoms with Crippen molar-refractivity contribution in [3.63, 3.8) is 0 Å². The number of fused-ring (bicyclic) bond motifs is 1. The van der Waals surface area contributed by atoms with Crippen molar-refractivity contribution in [2.24, 2.45) is 0 Å². The quantitative estimate of drug-likeness (QED) is 0.903. The lowest BCUT2D eigenvalue weighted by atomic mass is 10.1. The van der Waals surface area contributed by atoms with Gasteiger partial charge in [-0.1, -0.05) is 12.1 Å². The zero-order valence-corrected chi connectivity index (χ0v) is 11.7. The van der Waals surface area contributed by atoms with E-state index < -0.39 is 0 Å². The smallest absolute Gasteiger partial charge is 0.134 e. The number of hydrogen-bond acceptors (Lipinski definition) is 2. The van der Waals surface area contributed by atoms with Crippen LogP contribution in [0.3, 0.4) is 0 Å². The van der Waals surface area contributed by atoms with E-state index >= 15 is 0 Å². The Balaban J connectivity index is 1.82. The van der Waals surface area contributed by atoms with Gasteiger partial charge in [-0.25, -0.2) is 0 Å². The van der Waals surface area contributed by atoms with E-state index in [0.29, 0.717) is 6.04 Å². The number of furan rings is 1. The van der Waals surface area contributed by atoms with Crippen LogP contribution in [-0.2, 0) is 19.3 Å². The summed E-state index contributed by atoms with van der Waals surface area (Å²) in [5.74, 6) is 2.05. The highest BCUT2D eigenvalue weighted by Gasteiger charge is 2.13. The molecule has 2 heteroatoms. The Morgan fingerprint density at radius 1 is 1.16 bits per heavy atom. The van der Waals surface area contributed by atoms with Crippen molar-refractivity contribution < 1.29 is 4.42 Å². The zero-order chi connectivity index (χ0) is 13.2. The minimum Gasteiger partial charge on any atom is -0.461 e. The summed E-state index contributed by atoms with van der Waals surface area (Å²) in [6, 6.07) is 11.4. The highest BCUT2D eigenvalue weighted by molar-refractivity contribution is 5.60. The molecule has 19 heavy (non-hydrogen) atoms. The molecule has 0 fully saturated rings. The molecule has 1 heterocycles.